The molecule has 0 saturated carbocycles. The van der Waals surface area contributed by atoms with Crippen LogP contribution in [0.4, 0.5) is 11.5 Å². The average molecular weight is 289 g/mol. The minimum atomic E-state index is 0.547. The zero-order valence-electron chi connectivity index (χ0n) is 11.1. The van der Waals surface area contributed by atoms with E-state index in [0.717, 1.165) is 48.1 Å². The lowest BCUT2D eigenvalue weighted by Crippen LogP contribution is -2.43. The minimum absolute atomic E-state index is 0.547. The number of pyridine rings is 1. The van der Waals surface area contributed by atoms with Crippen LogP contribution in [0.1, 0.15) is 0 Å². The molecule has 2 aromatic rings. The number of nitrogens with one attached hydrogen (secondary N) is 1. The highest BCUT2D eigenvalue weighted by Crippen LogP contribution is 2.26. The van der Waals surface area contributed by atoms with Crippen LogP contribution in [0.15, 0.2) is 36.4 Å². The van der Waals surface area contributed by atoms with Crippen LogP contribution < -0.4 is 16.0 Å². The number of nitrogen functional groups attached to an aromatic ring is 1. The second kappa shape index (κ2) is 5.69. The third-order valence-electron chi connectivity index (χ3n) is 3.45. The van der Waals surface area contributed by atoms with E-state index in [-0.39, 0.29) is 0 Å². The normalized spacial score (nSPS) is 15.3. The molecule has 0 aliphatic carbocycles. The SMILES string of the molecule is Nc1cc(N2CCNCC2)cc(-c2ccc(Cl)cc2)n1. The van der Waals surface area contributed by atoms with Gasteiger partial charge >= 0.3 is 0 Å². The van der Waals surface area contributed by atoms with Gasteiger partial charge < -0.3 is 16.0 Å². The highest BCUT2D eigenvalue weighted by atomic mass is 35.5. The Morgan fingerprint density at radius 2 is 1.80 bits per heavy atom. The maximum atomic E-state index is 5.95. The maximum Gasteiger partial charge on any atom is 0.126 e. The van der Waals surface area contributed by atoms with Crippen LogP contribution in [0.25, 0.3) is 11.3 Å². The molecule has 2 heterocycles. The largest absolute Gasteiger partial charge is 0.384 e. The lowest BCUT2D eigenvalue weighted by atomic mass is 10.1. The number of hydrogen-bond acceptors (Lipinski definition) is 4. The summed E-state index contributed by atoms with van der Waals surface area (Å²) in [5.74, 6) is 0.547. The van der Waals surface area contributed by atoms with E-state index >= 15 is 0 Å². The summed E-state index contributed by atoms with van der Waals surface area (Å²) in [5, 5.41) is 4.07. The Morgan fingerprint density at radius 3 is 2.50 bits per heavy atom. The van der Waals surface area contributed by atoms with Crippen LogP contribution in [0.5, 0.6) is 0 Å². The molecule has 1 aromatic carbocycles. The van der Waals surface area contributed by atoms with Gasteiger partial charge in [-0.15, -0.1) is 0 Å². The molecule has 104 valence electrons. The molecule has 0 bridgehead atoms. The highest BCUT2D eigenvalue weighted by molar-refractivity contribution is 6.30. The van der Waals surface area contributed by atoms with Crippen molar-refractivity contribution in [2.75, 3.05) is 36.8 Å². The molecule has 1 aliphatic rings. The molecule has 0 radical (unpaired) electrons. The molecule has 0 atom stereocenters. The number of anilines is 2. The van der Waals surface area contributed by atoms with Crippen LogP contribution in [-0.2, 0) is 0 Å². The number of rotatable bonds is 2. The Labute approximate surface area is 123 Å². The van der Waals surface area contributed by atoms with Gasteiger partial charge in [0.25, 0.3) is 0 Å². The van der Waals surface area contributed by atoms with Gasteiger partial charge in [0.05, 0.1) is 5.69 Å². The van der Waals surface area contributed by atoms with Gasteiger partial charge in [-0.05, 0) is 18.2 Å². The number of benzene rings is 1. The molecular weight excluding hydrogens is 272 g/mol. The van der Waals surface area contributed by atoms with Gasteiger partial charge in [0, 0.05) is 48.5 Å². The Balaban J connectivity index is 1.95. The standard InChI is InChI=1S/C15H17ClN4/c16-12-3-1-11(2-4-12)14-9-13(10-15(17)19-14)20-7-5-18-6-8-20/h1-4,9-10,18H,5-8H2,(H2,17,19). The predicted octanol–water partition coefficient (Wildman–Crippen LogP) is 2.39. The third kappa shape index (κ3) is 2.86. The van der Waals surface area contributed by atoms with Crippen LogP contribution in [-0.4, -0.2) is 31.2 Å². The molecule has 0 spiro atoms. The molecule has 3 rings (SSSR count). The van der Waals surface area contributed by atoms with E-state index in [0.29, 0.717) is 5.82 Å². The first-order valence-corrected chi connectivity index (χ1v) is 7.09. The van der Waals surface area contributed by atoms with E-state index in [1.54, 1.807) is 0 Å². The van der Waals surface area contributed by atoms with E-state index in [9.17, 15) is 0 Å². The number of hydrogen-bond donors (Lipinski definition) is 2. The van der Waals surface area contributed by atoms with E-state index in [4.69, 9.17) is 17.3 Å². The van der Waals surface area contributed by atoms with Crippen LogP contribution in [0, 0.1) is 0 Å². The molecule has 0 amide bonds. The zero-order chi connectivity index (χ0) is 13.9. The van der Waals surface area contributed by atoms with Crippen molar-refractivity contribution in [1.82, 2.24) is 10.3 Å². The summed E-state index contributed by atoms with van der Waals surface area (Å²) < 4.78 is 0. The summed E-state index contributed by atoms with van der Waals surface area (Å²) >= 11 is 5.92. The van der Waals surface area contributed by atoms with Gasteiger partial charge in [0.1, 0.15) is 5.82 Å². The van der Waals surface area contributed by atoms with Crippen molar-refractivity contribution in [1.29, 1.82) is 0 Å². The Morgan fingerprint density at radius 1 is 1.10 bits per heavy atom. The van der Waals surface area contributed by atoms with Crippen molar-refractivity contribution in [2.24, 2.45) is 0 Å². The van der Waals surface area contributed by atoms with E-state index in [1.807, 2.05) is 30.3 Å². The fourth-order valence-electron chi connectivity index (χ4n) is 2.41. The summed E-state index contributed by atoms with van der Waals surface area (Å²) in [6, 6.07) is 11.7. The lowest BCUT2D eigenvalue weighted by Gasteiger charge is -2.29. The smallest absolute Gasteiger partial charge is 0.126 e. The number of nitrogens with two attached hydrogens (primary N) is 1. The molecular formula is C15H17ClN4. The monoisotopic (exact) mass is 288 g/mol. The van der Waals surface area contributed by atoms with E-state index in [1.165, 1.54) is 0 Å². The van der Waals surface area contributed by atoms with E-state index in [2.05, 4.69) is 21.3 Å². The number of piperazine rings is 1. The highest BCUT2D eigenvalue weighted by Gasteiger charge is 2.12. The van der Waals surface area contributed by atoms with E-state index < -0.39 is 0 Å². The molecule has 3 N–H and O–H groups in total. The van der Waals surface area contributed by atoms with Crippen molar-refractivity contribution in [3.05, 3.63) is 41.4 Å². The van der Waals surface area contributed by atoms with Crippen LogP contribution in [0.3, 0.4) is 0 Å². The molecule has 0 unspecified atom stereocenters. The Bertz CT molecular complexity index is 591. The second-order valence-corrected chi connectivity index (χ2v) is 5.32. The first kappa shape index (κ1) is 13.2. The van der Waals surface area contributed by atoms with Crippen molar-refractivity contribution in [3.8, 4) is 11.3 Å². The summed E-state index contributed by atoms with van der Waals surface area (Å²) in [7, 11) is 0. The van der Waals surface area contributed by atoms with Crippen molar-refractivity contribution >= 4 is 23.1 Å². The first-order valence-electron chi connectivity index (χ1n) is 6.71. The molecule has 1 aliphatic heterocycles. The number of halogens is 1. The van der Waals surface area contributed by atoms with Crippen LogP contribution in [0.2, 0.25) is 5.02 Å². The minimum Gasteiger partial charge on any atom is -0.384 e. The molecule has 1 saturated heterocycles. The first-order chi connectivity index (χ1) is 9.72. The van der Waals surface area contributed by atoms with Crippen LogP contribution >= 0.6 is 11.6 Å². The Hall–Kier alpha value is -1.78. The van der Waals surface area contributed by atoms with Gasteiger partial charge in [-0.2, -0.15) is 0 Å². The summed E-state index contributed by atoms with van der Waals surface area (Å²) in [4.78, 5) is 6.75. The summed E-state index contributed by atoms with van der Waals surface area (Å²) in [6.45, 7) is 3.98. The van der Waals surface area contributed by atoms with Gasteiger partial charge in [-0.3, -0.25) is 0 Å². The fraction of sp³-hybridized carbons (Fsp3) is 0.267. The molecule has 4 nitrogen and oxygen atoms in total. The Kier molecular flexibility index (Phi) is 3.76. The molecule has 1 fully saturated rings. The predicted molar refractivity (Wildman–Crippen MR) is 84.2 cm³/mol. The number of aromatic nitrogens is 1. The zero-order valence-corrected chi connectivity index (χ0v) is 11.9. The number of nitrogens with zero attached hydrogens (tertiary/aromatic N) is 2. The van der Waals surface area contributed by atoms with Gasteiger partial charge in [0.15, 0.2) is 0 Å². The molecule has 1 aromatic heterocycles. The summed E-state index contributed by atoms with van der Waals surface area (Å²) in [6.07, 6.45) is 0. The average Bonchev–Trinajstić information content (AvgIpc) is 2.48. The maximum absolute atomic E-state index is 5.95. The third-order valence-corrected chi connectivity index (χ3v) is 3.70. The quantitative estimate of drug-likeness (QED) is 0.891. The fourth-order valence-corrected chi connectivity index (χ4v) is 2.54. The summed E-state index contributed by atoms with van der Waals surface area (Å²) in [5.41, 5.74) is 8.99. The van der Waals surface area contributed by atoms with Gasteiger partial charge in [-0.1, -0.05) is 23.7 Å². The topological polar surface area (TPSA) is 54.2 Å². The molecule has 20 heavy (non-hydrogen) atoms. The van der Waals surface area contributed by atoms with Gasteiger partial charge in [-0.25, -0.2) is 4.98 Å². The molecule has 5 heteroatoms. The second-order valence-electron chi connectivity index (χ2n) is 4.88. The van der Waals surface area contributed by atoms with Gasteiger partial charge in [0.2, 0.25) is 0 Å². The van der Waals surface area contributed by atoms with Crippen molar-refractivity contribution in [2.45, 2.75) is 0 Å². The van der Waals surface area contributed by atoms with Crippen molar-refractivity contribution < 1.29 is 0 Å². The lowest BCUT2D eigenvalue weighted by molar-refractivity contribution is 0.589. The van der Waals surface area contributed by atoms with Crippen molar-refractivity contribution in [3.63, 3.8) is 0 Å².